The van der Waals surface area contributed by atoms with Crippen LogP contribution >= 0.6 is 11.6 Å². The van der Waals surface area contributed by atoms with Crippen LogP contribution in [-0.2, 0) is 0 Å². The van der Waals surface area contributed by atoms with Gasteiger partial charge in [-0.1, -0.05) is 11.6 Å². The van der Waals surface area contributed by atoms with E-state index in [-0.39, 0.29) is 6.61 Å². The molecule has 2 rings (SSSR count). The summed E-state index contributed by atoms with van der Waals surface area (Å²) in [5.41, 5.74) is 7.83. The molecule has 1 aliphatic rings. The van der Waals surface area contributed by atoms with Gasteiger partial charge in [-0.05, 0) is 43.9 Å². The number of rotatable bonds is 4. The highest BCUT2D eigenvalue weighted by molar-refractivity contribution is 6.31. The van der Waals surface area contributed by atoms with Gasteiger partial charge in [-0.25, -0.2) is 0 Å². The molecule has 3 N–H and O–H groups in total. The topological polar surface area (TPSA) is 49.5 Å². The Morgan fingerprint density at radius 2 is 2.29 bits per heavy atom. The summed E-state index contributed by atoms with van der Waals surface area (Å²) in [6.45, 7) is 1.29. The molecule has 1 unspecified atom stereocenters. The van der Waals surface area contributed by atoms with Crippen LogP contribution in [0.15, 0.2) is 18.2 Å². The van der Waals surface area contributed by atoms with Crippen LogP contribution in [0, 0.1) is 0 Å². The maximum atomic E-state index is 8.92. The summed E-state index contributed by atoms with van der Waals surface area (Å²) in [4.78, 5) is 2.33. The van der Waals surface area contributed by atoms with E-state index in [0.717, 1.165) is 35.8 Å². The smallest absolute Gasteiger partial charge is 0.0617 e. The third-order valence-corrected chi connectivity index (χ3v) is 3.61. The average Bonchev–Trinajstić information content (AvgIpc) is 2.77. The second-order valence-corrected chi connectivity index (χ2v) is 4.99. The lowest BCUT2D eigenvalue weighted by atomic mass is 10.1. The van der Waals surface area contributed by atoms with Crippen molar-refractivity contribution in [2.24, 2.45) is 0 Å². The molecule has 0 radical (unpaired) electrons. The Balaban J connectivity index is 2.16. The van der Waals surface area contributed by atoms with Gasteiger partial charge in [0.15, 0.2) is 0 Å². The van der Waals surface area contributed by atoms with Gasteiger partial charge in [0, 0.05) is 24.2 Å². The van der Waals surface area contributed by atoms with Crippen molar-refractivity contribution in [1.29, 1.82) is 0 Å². The summed E-state index contributed by atoms with van der Waals surface area (Å²) in [7, 11) is 0. The Hall–Kier alpha value is -0.930. The highest BCUT2D eigenvalue weighted by Crippen LogP contribution is 2.33. The van der Waals surface area contributed by atoms with E-state index in [1.807, 2.05) is 18.2 Å². The molecule has 1 aromatic carbocycles. The first kappa shape index (κ1) is 12.5. The monoisotopic (exact) mass is 254 g/mol. The van der Waals surface area contributed by atoms with Crippen molar-refractivity contribution in [3.05, 3.63) is 23.2 Å². The van der Waals surface area contributed by atoms with Crippen LogP contribution in [0.2, 0.25) is 5.02 Å². The minimum absolute atomic E-state index is 0.259. The second kappa shape index (κ2) is 5.61. The van der Waals surface area contributed by atoms with Crippen molar-refractivity contribution < 1.29 is 5.11 Å². The van der Waals surface area contributed by atoms with Crippen LogP contribution in [0.4, 0.5) is 11.4 Å². The van der Waals surface area contributed by atoms with Crippen molar-refractivity contribution in [3.63, 3.8) is 0 Å². The molecule has 4 heteroatoms. The standard InChI is InChI=1S/C13H19ClN2O/c14-10-5-6-12(15)13(9-10)16-7-1-3-11(16)4-2-8-17/h5-6,9,11,17H,1-4,7-8,15H2. The van der Waals surface area contributed by atoms with E-state index in [1.165, 1.54) is 12.8 Å². The number of halogens is 1. The summed E-state index contributed by atoms with van der Waals surface area (Å²) in [6.07, 6.45) is 4.22. The largest absolute Gasteiger partial charge is 0.397 e. The zero-order chi connectivity index (χ0) is 12.3. The number of benzene rings is 1. The second-order valence-electron chi connectivity index (χ2n) is 4.56. The maximum Gasteiger partial charge on any atom is 0.0617 e. The molecule has 1 aromatic rings. The van der Waals surface area contributed by atoms with Crippen molar-refractivity contribution >= 4 is 23.0 Å². The van der Waals surface area contributed by atoms with Gasteiger partial charge in [-0.3, -0.25) is 0 Å². The van der Waals surface area contributed by atoms with Gasteiger partial charge in [-0.2, -0.15) is 0 Å². The van der Waals surface area contributed by atoms with Crippen LogP contribution in [-0.4, -0.2) is 24.3 Å². The van der Waals surface area contributed by atoms with Crippen molar-refractivity contribution in [2.75, 3.05) is 23.8 Å². The molecule has 1 aliphatic heterocycles. The van der Waals surface area contributed by atoms with Gasteiger partial charge in [0.25, 0.3) is 0 Å². The molecule has 0 aromatic heterocycles. The molecule has 1 atom stereocenters. The average molecular weight is 255 g/mol. The Labute approximate surface area is 107 Å². The van der Waals surface area contributed by atoms with Crippen molar-refractivity contribution in [2.45, 2.75) is 31.7 Å². The van der Waals surface area contributed by atoms with Gasteiger partial charge >= 0.3 is 0 Å². The third-order valence-electron chi connectivity index (χ3n) is 3.37. The van der Waals surface area contributed by atoms with E-state index >= 15 is 0 Å². The maximum absolute atomic E-state index is 8.92. The molecule has 1 heterocycles. The first-order chi connectivity index (χ1) is 8.22. The molecular formula is C13H19ClN2O. The van der Waals surface area contributed by atoms with Crippen LogP contribution in [0.25, 0.3) is 0 Å². The lowest BCUT2D eigenvalue weighted by Gasteiger charge is -2.28. The lowest BCUT2D eigenvalue weighted by Crippen LogP contribution is -2.30. The summed E-state index contributed by atoms with van der Waals surface area (Å²) >= 11 is 6.03. The zero-order valence-corrected chi connectivity index (χ0v) is 10.7. The number of aliphatic hydroxyl groups is 1. The Kier molecular flexibility index (Phi) is 4.13. The van der Waals surface area contributed by atoms with Crippen molar-refractivity contribution in [3.8, 4) is 0 Å². The first-order valence-electron chi connectivity index (χ1n) is 6.15. The Morgan fingerprint density at radius 3 is 3.06 bits per heavy atom. The number of nitrogens with zero attached hydrogens (tertiary/aromatic N) is 1. The summed E-state index contributed by atoms with van der Waals surface area (Å²) in [5, 5.41) is 9.64. The highest BCUT2D eigenvalue weighted by Gasteiger charge is 2.25. The van der Waals surface area contributed by atoms with Gasteiger partial charge in [0.05, 0.1) is 11.4 Å². The molecule has 0 aliphatic carbocycles. The normalized spacial score (nSPS) is 19.9. The van der Waals surface area contributed by atoms with E-state index in [2.05, 4.69) is 4.90 Å². The molecule has 0 spiro atoms. The Bertz CT molecular complexity index is 384. The van der Waals surface area contributed by atoms with Gasteiger partial charge in [0.1, 0.15) is 0 Å². The molecule has 0 amide bonds. The number of hydrogen-bond acceptors (Lipinski definition) is 3. The van der Waals surface area contributed by atoms with E-state index in [9.17, 15) is 0 Å². The fraction of sp³-hybridized carbons (Fsp3) is 0.538. The third kappa shape index (κ3) is 2.85. The summed E-state index contributed by atoms with van der Waals surface area (Å²) in [5.74, 6) is 0. The van der Waals surface area contributed by atoms with E-state index in [0.29, 0.717) is 6.04 Å². The fourth-order valence-electron chi connectivity index (χ4n) is 2.55. The van der Waals surface area contributed by atoms with Gasteiger partial charge < -0.3 is 15.7 Å². The molecule has 1 fully saturated rings. The molecule has 3 nitrogen and oxygen atoms in total. The summed E-state index contributed by atoms with van der Waals surface area (Å²) < 4.78 is 0. The number of aliphatic hydroxyl groups excluding tert-OH is 1. The summed E-state index contributed by atoms with van der Waals surface area (Å²) in [6, 6.07) is 6.11. The van der Waals surface area contributed by atoms with E-state index in [1.54, 1.807) is 0 Å². The molecule has 0 saturated carbocycles. The molecule has 94 valence electrons. The van der Waals surface area contributed by atoms with Crippen LogP contribution in [0.5, 0.6) is 0 Å². The predicted octanol–water partition coefficient (Wildman–Crippen LogP) is 2.66. The van der Waals surface area contributed by atoms with E-state index < -0.39 is 0 Å². The van der Waals surface area contributed by atoms with Crippen LogP contribution in [0.1, 0.15) is 25.7 Å². The molecule has 17 heavy (non-hydrogen) atoms. The first-order valence-corrected chi connectivity index (χ1v) is 6.52. The Morgan fingerprint density at radius 1 is 1.47 bits per heavy atom. The number of nitrogen functional groups attached to an aromatic ring is 1. The van der Waals surface area contributed by atoms with Crippen LogP contribution < -0.4 is 10.6 Å². The lowest BCUT2D eigenvalue weighted by molar-refractivity contribution is 0.279. The highest BCUT2D eigenvalue weighted by atomic mass is 35.5. The predicted molar refractivity (Wildman–Crippen MR) is 72.6 cm³/mol. The number of anilines is 2. The number of hydrogen-bond donors (Lipinski definition) is 2. The quantitative estimate of drug-likeness (QED) is 0.813. The molecule has 0 bridgehead atoms. The van der Waals surface area contributed by atoms with Gasteiger partial charge in [-0.15, -0.1) is 0 Å². The minimum atomic E-state index is 0.259. The van der Waals surface area contributed by atoms with E-state index in [4.69, 9.17) is 22.4 Å². The minimum Gasteiger partial charge on any atom is -0.397 e. The molecular weight excluding hydrogens is 236 g/mol. The van der Waals surface area contributed by atoms with Crippen LogP contribution in [0.3, 0.4) is 0 Å². The molecule has 1 saturated heterocycles. The number of nitrogens with two attached hydrogens (primary N) is 1. The SMILES string of the molecule is Nc1ccc(Cl)cc1N1CCCC1CCCO. The zero-order valence-electron chi connectivity index (χ0n) is 9.90. The van der Waals surface area contributed by atoms with Crippen molar-refractivity contribution in [1.82, 2.24) is 0 Å². The van der Waals surface area contributed by atoms with Gasteiger partial charge in [0.2, 0.25) is 0 Å². The fourth-order valence-corrected chi connectivity index (χ4v) is 2.71.